The number of nitrogens with one attached hydrogen (secondary N) is 2. The number of H-pyrrole nitrogens is 2. The molecule has 1 atom stereocenters. The van der Waals surface area contributed by atoms with E-state index in [0.717, 1.165) is 36.0 Å². The van der Waals surface area contributed by atoms with E-state index in [1.165, 1.54) is 18.5 Å². The highest BCUT2D eigenvalue weighted by atomic mass is 19.1. The molecule has 1 aliphatic rings. The second-order valence-corrected chi connectivity index (χ2v) is 6.47. The zero-order valence-corrected chi connectivity index (χ0v) is 13.7. The summed E-state index contributed by atoms with van der Waals surface area (Å²) in [6, 6.07) is 4.63. The number of hydrogen-bond acceptors (Lipinski definition) is 6. The van der Waals surface area contributed by atoms with Crippen LogP contribution in [0.4, 0.5) is 10.2 Å². The van der Waals surface area contributed by atoms with Gasteiger partial charge in [-0.25, -0.2) is 24.3 Å². The third-order valence-corrected chi connectivity index (χ3v) is 4.86. The molecular weight excluding hydrogens is 339 g/mol. The summed E-state index contributed by atoms with van der Waals surface area (Å²) in [6.07, 6.45) is 3.31. The number of nitrogens with zero attached hydrogens (tertiary/aromatic N) is 4. The Bertz CT molecular complexity index is 1160. The van der Waals surface area contributed by atoms with E-state index in [-0.39, 0.29) is 11.7 Å². The van der Waals surface area contributed by atoms with Crippen molar-refractivity contribution in [3.05, 3.63) is 46.8 Å². The second kappa shape index (κ2) is 5.65. The highest BCUT2D eigenvalue weighted by molar-refractivity contribution is 6.11. The van der Waals surface area contributed by atoms with E-state index in [0.29, 0.717) is 23.6 Å². The molecule has 1 unspecified atom stereocenters. The number of aromatic nitrogens is 5. The molecule has 1 aromatic carbocycles. The first-order valence-corrected chi connectivity index (χ1v) is 8.41. The quantitative estimate of drug-likeness (QED) is 0.572. The van der Waals surface area contributed by atoms with Gasteiger partial charge in [0.25, 0.3) is 0 Å². The van der Waals surface area contributed by atoms with Crippen molar-refractivity contribution in [2.45, 2.75) is 18.8 Å². The van der Waals surface area contributed by atoms with Crippen molar-refractivity contribution in [2.75, 3.05) is 18.0 Å². The fourth-order valence-electron chi connectivity index (χ4n) is 3.71. The van der Waals surface area contributed by atoms with Crippen LogP contribution in [-0.2, 0) is 0 Å². The monoisotopic (exact) mass is 354 g/mol. The van der Waals surface area contributed by atoms with Crippen LogP contribution >= 0.6 is 0 Å². The van der Waals surface area contributed by atoms with Crippen LogP contribution in [0.25, 0.3) is 21.9 Å². The minimum Gasteiger partial charge on any atom is -0.392 e. The maximum atomic E-state index is 13.5. The van der Waals surface area contributed by atoms with Crippen molar-refractivity contribution in [1.82, 2.24) is 25.1 Å². The molecule has 1 aliphatic heterocycles. The van der Waals surface area contributed by atoms with Crippen molar-refractivity contribution < 1.29 is 8.81 Å². The van der Waals surface area contributed by atoms with Gasteiger partial charge in [0.05, 0.1) is 16.8 Å². The van der Waals surface area contributed by atoms with Crippen LogP contribution in [0, 0.1) is 5.82 Å². The molecule has 8 nitrogen and oxygen atoms in total. The zero-order chi connectivity index (χ0) is 17.7. The minimum atomic E-state index is -0.541. The van der Waals surface area contributed by atoms with Gasteiger partial charge in [0.2, 0.25) is 5.89 Å². The smallest absolute Gasteiger partial charge is 0.392 e. The van der Waals surface area contributed by atoms with Crippen LogP contribution in [-0.4, -0.2) is 38.2 Å². The number of piperidine rings is 1. The maximum Gasteiger partial charge on any atom is 0.434 e. The van der Waals surface area contributed by atoms with Crippen LogP contribution in [0.2, 0.25) is 0 Å². The summed E-state index contributed by atoms with van der Waals surface area (Å²) < 4.78 is 18.7. The first-order valence-electron chi connectivity index (χ1n) is 8.41. The van der Waals surface area contributed by atoms with Crippen molar-refractivity contribution in [3.8, 4) is 0 Å². The van der Waals surface area contributed by atoms with E-state index in [4.69, 9.17) is 4.42 Å². The van der Waals surface area contributed by atoms with E-state index in [9.17, 15) is 9.18 Å². The highest BCUT2D eigenvalue weighted by Gasteiger charge is 2.28. The minimum absolute atomic E-state index is 0.00960. The second-order valence-electron chi connectivity index (χ2n) is 6.47. The van der Waals surface area contributed by atoms with Gasteiger partial charge in [-0.3, -0.25) is 0 Å². The van der Waals surface area contributed by atoms with Crippen molar-refractivity contribution in [2.24, 2.45) is 0 Å². The van der Waals surface area contributed by atoms with Crippen LogP contribution in [0.3, 0.4) is 0 Å². The number of anilines is 1. The Morgan fingerprint density at radius 1 is 1.31 bits per heavy atom. The predicted octanol–water partition coefficient (Wildman–Crippen LogP) is 2.31. The summed E-state index contributed by atoms with van der Waals surface area (Å²) in [4.78, 5) is 25.3. The number of hydrogen-bond donors (Lipinski definition) is 2. The summed E-state index contributed by atoms with van der Waals surface area (Å²) in [7, 11) is 0. The Morgan fingerprint density at radius 2 is 2.23 bits per heavy atom. The van der Waals surface area contributed by atoms with Gasteiger partial charge < -0.3 is 14.3 Å². The summed E-state index contributed by atoms with van der Waals surface area (Å²) in [5.74, 6) is 0.377. The van der Waals surface area contributed by atoms with Gasteiger partial charge in [0, 0.05) is 18.5 Å². The topological polar surface area (TPSA) is 104 Å². The summed E-state index contributed by atoms with van der Waals surface area (Å²) >= 11 is 0. The number of fused-ring (bicyclic) bond motifs is 3. The molecule has 132 valence electrons. The molecule has 0 aliphatic carbocycles. The molecule has 3 aromatic heterocycles. The Kier molecular flexibility index (Phi) is 3.27. The van der Waals surface area contributed by atoms with Gasteiger partial charge in [0.15, 0.2) is 0 Å². The molecule has 26 heavy (non-hydrogen) atoms. The SMILES string of the molecule is O=c1[nH]nc(C2CCCN(c3ncnc4[nH]c5cc(F)ccc5c34)C2)o1. The van der Waals surface area contributed by atoms with Crippen molar-refractivity contribution in [3.63, 3.8) is 0 Å². The predicted molar refractivity (Wildman–Crippen MR) is 92.7 cm³/mol. The summed E-state index contributed by atoms with van der Waals surface area (Å²) in [5, 5.41) is 8.03. The molecule has 4 aromatic rings. The lowest BCUT2D eigenvalue weighted by molar-refractivity contribution is 0.384. The molecule has 0 amide bonds. The lowest BCUT2D eigenvalue weighted by Crippen LogP contribution is -2.35. The van der Waals surface area contributed by atoms with E-state index < -0.39 is 5.76 Å². The van der Waals surface area contributed by atoms with Gasteiger partial charge >= 0.3 is 5.76 Å². The largest absolute Gasteiger partial charge is 0.434 e. The molecule has 4 heterocycles. The molecule has 0 saturated carbocycles. The van der Waals surface area contributed by atoms with Crippen molar-refractivity contribution >= 4 is 27.8 Å². The summed E-state index contributed by atoms with van der Waals surface area (Å²) in [5.41, 5.74) is 1.36. The molecular formula is C17H15FN6O2. The van der Waals surface area contributed by atoms with E-state index >= 15 is 0 Å². The molecule has 0 bridgehead atoms. The van der Waals surface area contributed by atoms with E-state index in [2.05, 4.69) is 30.0 Å². The number of halogens is 1. The molecule has 5 rings (SSSR count). The van der Waals surface area contributed by atoms with Crippen molar-refractivity contribution in [1.29, 1.82) is 0 Å². The first-order chi connectivity index (χ1) is 12.7. The third-order valence-electron chi connectivity index (χ3n) is 4.86. The molecule has 1 fully saturated rings. The fourth-order valence-corrected chi connectivity index (χ4v) is 3.71. The van der Waals surface area contributed by atoms with Gasteiger partial charge in [-0.05, 0) is 31.0 Å². The van der Waals surface area contributed by atoms with Gasteiger partial charge in [0.1, 0.15) is 23.6 Å². The van der Waals surface area contributed by atoms with Gasteiger partial charge in [-0.15, -0.1) is 5.10 Å². The molecule has 2 N–H and O–H groups in total. The highest BCUT2D eigenvalue weighted by Crippen LogP contribution is 2.34. The van der Waals surface area contributed by atoms with Crippen LogP contribution in [0.5, 0.6) is 0 Å². The normalized spacial score (nSPS) is 18.0. The number of aromatic amines is 2. The Balaban J connectivity index is 1.59. The average molecular weight is 354 g/mol. The molecule has 1 saturated heterocycles. The maximum absolute atomic E-state index is 13.5. The van der Waals surface area contributed by atoms with Crippen LogP contribution in [0.15, 0.2) is 33.7 Å². The first kappa shape index (κ1) is 15.1. The molecule has 0 radical (unpaired) electrons. The Labute approximate surface area is 146 Å². The Morgan fingerprint density at radius 3 is 3.08 bits per heavy atom. The van der Waals surface area contributed by atoms with Gasteiger partial charge in [-0.2, -0.15) is 0 Å². The third kappa shape index (κ3) is 2.35. The zero-order valence-electron chi connectivity index (χ0n) is 13.7. The van der Waals surface area contributed by atoms with Crippen LogP contribution < -0.4 is 10.7 Å². The number of rotatable bonds is 2. The molecule has 0 spiro atoms. The average Bonchev–Trinajstić information content (AvgIpc) is 3.24. The lowest BCUT2D eigenvalue weighted by atomic mass is 9.97. The summed E-state index contributed by atoms with van der Waals surface area (Å²) in [6.45, 7) is 1.46. The van der Waals surface area contributed by atoms with Gasteiger partial charge in [-0.1, -0.05) is 0 Å². The molecule has 9 heteroatoms. The lowest BCUT2D eigenvalue weighted by Gasteiger charge is -2.32. The van der Waals surface area contributed by atoms with Crippen LogP contribution in [0.1, 0.15) is 24.7 Å². The number of benzene rings is 1. The standard InChI is InChI=1S/C17H15FN6O2/c18-10-3-4-11-12(6-10)21-14-13(11)15(20-8-19-14)24-5-1-2-9(7-24)16-22-23-17(25)26-16/h3-4,6,8-9H,1-2,5,7H2,(H,23,25)(H,19,20,21). The van der Waals surface area contributed by atoms with E-state index in [1.54, 1.807) is 6.07 Å². The fraction of sp³-hybridized carbons (Fsp3) is 0.294. The van der Waals surface area contributed by atoms with E-state index in [1.807, 2.05) is 0 Å². The Hall–Kier alpha value is -3.23.